The fourth-order valence-electron chi connectivity index (χ4n) is 6.87. The van der Waals surface area contributed by atoms with Crippen molar-refractivity contribution in [2.75, 3.05) is 18.6 Å². The number of nitrogens with one attached hydrogen (secondary N) is 1. The summed E-state index contributed by atoms with van der Waals surface area (Å²) in [5.41, 5.74) is 3.20. The third-order valence-electron chi connectivity index (χ3n) is 9.86. The van der Waals surface area contributed by atoms with E-state index in [1.54, 1.807) is 13.3 Å². The molecule has 11 heteroatoms. The molecule has 3 aromatic heterocycles. The molecule has 3 fully saturated rings. The van der Waals surface area contributed by atoms with Crippen molar-refractivity contribution in [3.05, 3.63) is 54.2 Å². The number of hydrogen-bond donors (Lipinski definition) is 1. The second kappa shape index (κ2) is 14.5. The topological polar surface area (TPSA) is 135 Å². The van der Waals surface area contributed by atoms with Crippen LogP contribution >= 0.6 is 0 Å². The molecule has 0 saturated heterocycles. The van der Waals surface area contributed by atoms with Crippen LogP contribution in [0.4, 0.5) is 10.6 Å². The van der Waals surface area contributed by atoms with Crippen molar-refractivity contribution in [2.45, 2.75) is 102 Å². The number of ether oxygens (including phenoxy) is 2. The van der Waals surface area contributed by atoms with Crippen LogP contribution in [0, 0.1) is 23.2 Å². The summed E-state index contributed by atoms with van der Waals surface area (Å²) >= 11 is 0. The lowest BCUT2D eigenvalue weighted by molar-refractivity contribution is -0.124. The van der Waals surface area contributed by atoms with E-state index in [-0.39, 0.29) is 42.0 Å². The van der Waals surface area contributed by atoms with Crippen LogP contribution in [-0.4, -0.2) is 57.5 Å². The summed E-state index contributed by atoms with van der Waals surface area (Å²) in [6.07, 6.45) is 13.7. The van der Waals surface area contributed by atoms with Gasteiger partial charge in [0.15, 0.2) is 11.4 Å². The summed E-state index contributed by atoms with van der Waals surface area (Å²) in [6, 6.07) is 10.4. The number of hydrogen-bond acceptors (Lipinski definition) is 8. The Morgan fingerprint density at radius 1 is 1.04 bits per heavy atom. The Morgan fingerprint density at radius 3 is 2.47 bits per heavy atom. The SMILES string of the molecule is COc1ccc([C@H]2CC[C@H](CN(c3cc(-c4cnn(C(C)C)c4)ccn3)C(=O)[C@H]3CC[C@H](OC(=O)NC4CC4)CC3)CC2)nc1C#N. The van der Waals surface area contributed by atoms with Crippen LogP contribution in [0.15, 0.2) is 42.9 Å². The minimum atomic E-state index is -0.338. The lowest BCUT2D eigenvalue weighted by Gasteiger charge is -2.35. The van der Waals surface area contributed by atoms with Crippen LogP contribution < -0.4 is 15.0 Å². The van der Waals surface area contributed by atoms with E-state index in [1.807, 2.05) is 46.2 Å². The second-order valence-corrected chi connectivity index (χ2v) is 13.6. The number of aromatic nitrogens is 4. The highest BCUT2D eigenvalue weighted by Crippen LogP contribution is 2.38. The number of nitrogens with zero attached hydrogens (tertiary/aromatic N) is 6. The molecule has 3 heterocycles. The van der Waals surface area contributed by atoms with E-state index in [0.717, 1.165) is 55.3 Å². The summed E-state index contributed by atoms with van der Waals surface area (Å²) in [5, 5.41) is 16.9. The number of carbonyl (C=O) groups is 2. The van der Waals surface area contributed by atoms with Crippen molar-refractivity contribution >= 4 is 17.8 Å². The number of alkyl carbamates (subject to hydrolysis) is 1. The predicted molar refractivity (Wildman–Crippen MR) is 177 cm³/mol. The van der Waals surface area contributed by atoms with Gasteiger partial charge in [-0.25, -0.2) is 14.8 Å². The maximum Gasteiger partial charge on any atom is 0.407 e. The summed E-state index contributed by atoms with van der Waals surface area (Å²) in [4.78, 5) is 37.7. The molecule has 1 N–H and O–H groups in total. The first kappa shape index (κ1) is 32.5. The van der Waals surface area contributed by atoms with Crippen LogP contribution in [0.1, 0.15) is 101 Å². The summed E-state index contributed by atoms with van der Waals surface area (Å²) < 4.78 is 12.9. The number of methoxy groups -OCH3 is 1. The lowest BCUT2D eigenvalue weighted by atomic mass is 9.79. The maximum atomic E-state index is 14.3. The van der Waals surface area contributed by atoms with Gasteiger partial charge in [-0.2, -0.15) is 10.4 Å². The molecule has 11 nitrogen and oxygen atoms in total. The van der Waals surface area contributed by atoms with Gasteiger partial charge in [0, 0.05) is 54.1 Å². The largest absolute Gasteiger partial charge is 0.494 e. The molecule has 3 aliphatic rings. The Bertz CT molecular complexity index is 1590. The van der Waals surface area contributed by atoms with Crippen molar-refractivity contribution < 1.29 is 19.1 Å². The first-order valence-corrected chi connectivity index (χ1v) is 17.0. The van der Waals surface area contributed by atoms with Gasteiger partial charge < -0.3 is 14.8 Å². The molecule has 47 heavy (non-hydrogen) atoms. The summed E-state index contributed by atoms with van der Waals surface area (Å²) in [5.74, 6) is 1.66. The lowest BCUT2D eigenvalue weighted by Crippen LogP contribution is -2.42. The van der Waals surface area contributed by atoms with Gasteiger partial charge in [0.25, 0.3) is 0 Å². The minimum Gasteiger partial charge on any atom is -0.494 e. The zero-order chi connectivity index (χ0) is 32.9. The average molecular weight is 640 g/mol. The number of amides is 2. The molecule has 3 aliphatic carbocycles. The summed E-state index contributed by atoms with van der Waals surface area (Å²) in [7, 11) is 1.55. The fourth-order valence-corrected chi connectivity index (χ4v) is 6.87. The number of pyridine rings is 2. The molecule has 6 rings (SSSR count). The van der Waals surface area contributed by atoms with Crippen molar-refractivity contribution in [3.8, 4) is 22.9 Å². The highest BCUT2D eigenvalue weighted by molar-refractivity contribution is 5.94. The fraction of sp³-hybridized carbons (Fsp3) is 0.556. The van der Waals surface area contributed by atoms with E-state index in [2.05, 4.69) is 35.3 Å². The van der Waals surface area contributed by atoms with E-state index in [9.17, 15) is 14.9 Å². The molecule has 3 saturated carbocycles. The van der Waals surface area contributed by atoms with Gasteiger partial charge in [-0.1, -0.05) is 0 Å². The number of carbonyl (C=O) groups excluding carboxylic acids is 2. The number of rotatable bonds is 10. The quantitative estimate of drug-likeness (QED) is 0.264. The molecule has 0 atom stereocenters. The van der Waals surface area contributed by atoms with Gasteiger partial charge >= 0.3 is 6.09 Å². The Hall–Kier alpha value is -4.46. The monoisotopic (exact) mass is 639 g/mol. The third kappa shape index (κ3) is 7.92. The Labute approximate surface area is 276 Å². The third-order valence-corrected chi connectivity index (χ3v) is 9.86. The standard InChI is InChI=1S/C36H45N7O4/c1-23(2)43-22-28(20-39-43)27-16-17-38-34(18-27)42(35(44)26-8-12-30(13-9-26)47-36(45)40-29-10-11-29)21-24-4-6-25(7-5-24)31-14-15-33(46-3)32(19-37)41-31/h14-18,20,22-26,29-30H,4-13,21H2,1-3H3,(H,40,45)/t24-,25-,26-,30-. The Kier molecular flexibility index (Phi) is 10.0. The molecule has 0 radical (unpaired) electrons. The van der Waals surface area contributed by atoms with Gasteiger partial charge in [0.05, 0.1) is 13.3 Å². The molecule has 0 aromatic carbocycles. The second-order valence-electron chi connectivity index (χ2n) is 13.6. The number of anilines is 1. The van der Waals surface area contributed by atoms with E-state index in [1.165, 1.54) is 0 Å². The van der Waals surface area contributed by atoms with E-state index in [4.69, 9.17) is 14.5 Å². The van der Waals surface area contributed by atoms with Crippen LogP contribution in [0.3, 0.4) is 0 Å². The average Bonchev–Trinajstić information content (AvgIpc) is 3.76. The van der Waals surface area contributed by atoms with Gasteiger partial charge in [0.1, 0.15) is 18.0 Å². The van der Waals surface area contributed by atoms with Gasteiger partial charge in [-0.3, -0.25) is 14.4 Å². The normalized spacial score (nSPS) is 22.7. The van der Waals surface area contributed by atoms with Crippen LogP contribution in [0.25, 0.3) is 11.1 Å². The maximum absolute atomic E-state index is 14.3. The van der Waals surface area contributed by atoms with Gasteiger partial charge in [-0.15, -0.1) is 0 Å². The molecular weight excluding hydrogens is 594 g/mol. The van der Waals surface area contributed by atoms with Gasteiger partial charge in [-0.05, 0) is 114 Å². The number of nitriles is 1. The first-order valence-electron chi connectivity index (χ1n) is 17.0. The molecule has 0 spiro atoms. The molecule has 0 unspecified atom stereocenters. The molecule has 248 valence electrons. The predicted octanol–water partition coefficient (Wildman–Crippen LogP) is 6.56. The van der Waals surface area contributed by atoms with E-state index >= 15 is 0 Å². The first-order chi connectivity index (χ1) is 22.8. The molecule has 0 aliphatic heterocycles. The molecular formula is C36H45N7O4. The Balaban J connectivity index is 1.16. The van der Waals surface area contributed by atoms with Crippen molar-refractivity contribution in [1.29, 1.82) is 5.26 Å². The highest BCUT2D eigenvalue weighted by Gasteiger charge is 2.35. The molecule has 0 bridgehead atoms. The van der Waals surface area contributed by atoms with Crippen molar-refractivity contribution in [1.82, 2.24) is 25.1 Å². The van der Waals surface area contributed by atoms with Crippen molar-refractivity contribution in [3.63, 3.8) is 0 Å². The van der Waals surface area contributed by atoms with Crippen LogP contribution in [0.5, 0.6) is 5.75 Å². The smallest absolute Gasteiger partial charge is 0.407 e. The van der Waals surface area contributed by atoms with E-state index < -0.39 is 0 Å². The minimum absolute atomic E-state index is 0.0889. The van der Waals surface area contributed by atoms with Gasteiger partial charge in [0.2, 0.25) is 5.91 Å². The van der Waals surface area contributed by atoms with Crippen LogP contribution in [0.2, 0.25) is 0 Å². The van der Waals surface area contributed by atoms with Crippen LogP contribution in [-0.2, 0) is 9.53 Å². The molecule has 3 aromatic rings. The Morgan fingerprint density at radius 2 is 1.81 bits per heavy atom. The zero-order valence-electron chi connectivity index (χ0n) is 27.6. The van der Waals surface area contributed by atoms with E-state index in [0.29, 0.717) is 55.4 Å². The van der Waals surface area contributed by atoms with Crippen molar-refractivity contribution in [2.24, 2.45) is 11.8 Å². The zero-order valence-corrected chi connectivity index (χ0v) is 27.6. The highest BCUT2D eigenvalue weighted by atomic mass is 16.6. The summed E-state index contributed by atoms with van der Waals surface area (Å²) in [6.45, 7) is 4.78. The molecule has 2 amide bonds.